The number of rotatable bonds is 5. The summed E-state index contributed by atoms with van der Waals surface area (Å²) >= 11 is 0. The lowest BCUT2D eigenvalue weighted by Gasteiger charge is -2.44. The Morgan fingerprint density at radius 3 is 2.52 bits per heavy atom. The molecular weight excluding hydrogens is 336 g/mol. The molecule has 3 heterocycles. The first-order valence-electron chi connectivity index (χ1n) is 8.42. The van der Waals surface area contributed by atoms with Crippen molar-refractivity contribution < 1.29 is 38.4 Å². The highest BCUT2D eigenvalue weighted by Gasteiger charge is 2.55. The molecule has 0 aromatic heterocycles. The fraction of sp³-hybridized carbons (Fsp3) is 0.867. The van der Waals surface area contributed by atoms with Gasteiger partial charge in [-0.25, -0.2) is 0 Å². The number of carbonyl (C=O) groups is 2. The standard InChI is InChI=1S/C15H24N2O8/c1-3-9(18)16-6-17-10(19)4-11-24-13-12-8(5-21-7(2)22-12)23-15(20)14(13)25-11/h7-8,11-15,20H,3-6H2,1-2H3,(H,16,18)(H,17,19). The van der Waals surface area contributed by atoms with Crippen LogP contribution in [-0.2, 0) is 33.3 Å². The number of nitrogens with one attached hydrogen (secondary N) is 2. The van der Waals surface area contributed by atoms with E-state index in [0.717, 1.165) is 0 Å². The predicted octanol–water partition coefficient (Wildman–Crippen LogP) is -1.43. The van der Waals surface area contributed by atoms with E-state index >= 15 is 0 Å². The molecule has 0 aromatic rings. The molecule has 3 saturated heterocycles. The van der Waals surface area contributed by atoms with Gasteiger partial charge in [-0.2, -0.15) is 0 Å². The van der Waals surface area contributed by atoms with Crippen LogP contribution in [0.4, 0.5) is 0 Å². The summed E-state index contributed by atoms with van der Waals surface area (Å²) in [5.41, 5.74) is 0. The average Bonchev–Trinajstić information content (AvgIpc) is 3.00. The zero-order valence-corrected chi connectivity index (χ0v) is 14.2. The molecule has 25 heavy (non-hydrogen) atoms. The summed E-state index contributed by atoms with van der Waals surface area (Å²) in [6.07, 6.45) is -4.29. The van der Waals surface area contributed by atoms with Crippen molar-refractivity contribution in [3.63, 3.8) is 0 Å². The highest BCUT2D eigenvalue weighted by atomic mass is 16.8. The highest BCUT2D eigenvalue weighted by molar-refractivity contribution is 5.78. The molecule has 142 valence electrons. The maximum Gasteiger partial charge on any atom is 0.226 e. The lowest BCUT2D eigenvalue weighted by atomic mass is 9.98. The third-order valence-corrected chi connectivity index (χ3v) is 4.32. The van der Waals surface area contributed by atoms with Gasteiger partial charge in [0, 0.05) is 6.42 Å². The number of hydrogen-bond donors (Lipinski definition) is 3. The molecule has 0 aliphatic carbocycles. The van der Waals surface area contributed by atoms with Gasteiger partial charge in [0.05, 0.1) is 19.7 Å². The van der Waals surface area contributed by atoms with Crippen LogP contribution in [0.5, 0.6) is 0 Å². The second-order valence-electron chi connectivity index (χ2n) is 6.13. The van der Waals surface area contributed by atoms with Crippen LogP contribution in [0.1, 0.15) is 26.7 Å². The molecule has 10 heteroatoms. The summed E-state index contributed by atoms with van der Waals surface area (Å²) in [7, 11) is 0. The van der Waals surface area contributed by atoms with Crippen molar-refractivity contribution in [3.8, 4) is 0 Å². The van der Waals surface area contributed by atoms with Crippen LogP contribution in [0, 0.1) is 0 Å². The Kier molecular flexibility index (Phi) is 5.87. The smallest absolute Gasteiger partial charge is 0.226 e. The second kappa shape index (κ2) is 7.94. The van der Waals surface area contributed by atoms with Gasteiger partial charge < -0.3 is 39.4 Å². The maximum absolute atomic E-state index is 11.9. The summed E-state index contributed by atoms with van der Waals surface area (Å²) < 4.78 is 27.9. The van der Waals surface area contributed by atoms with Crippen LogP contribution in [0.3, 0.4) is 0 Å². The van der Waals surface area contributed by atoms with Gasteiger partial charge in [0.25, 0.3) is 0 Å². The Hall–Kier alpha value is -1.30. The van der Waals surface area contributed by atoms with E-state index in [2.05, 4.69) is 10.6 Å². The first kappa shape index (κ1) is 18.5. The van der Waals surface area contributed by atoms with Crippen LogP contribution < -0.4 is 10.6 Å². The summed E-state index contributed by atoms with van der Waals surface area (Å²) in [6.45, 7) is 3.82. The van der Waals surface area contributed by atoms with Crippen molar-refractivity contribution in [3.05, 3.63) is 0 Å². The molecule has 0 bridgehead atoms. The minimum atomic E-state index is -1.18. The van der Waals surface area contributed by atoms with E-state index in [-0.39, 0.29) is 31.5 Å². The van der Waals surface area contributed by atoms with Gasteiger partial charge in [0.15, 0.2) is 18.9 Å². The van der Waals surface area contributed by atoms with Crippen molar-refractivity contribution in [2.75, 3.05) is 13.3 Å². The van der Waals surface area contributed by atoms with E-state index < -0.39 is 43.3 Å². The lowest BCUT2D eigenvalue weighted by molar-refractivity contribution is -0.333. The molecule has 3 N–H and O–H groups in total. The Bertz CT molecular complexity index is 504. The average molecular weight is 360 g/mol. The normalized spacial score (nSPS) is 40.0. The van der Waals surface area contributed by atoms with Crippen molar-refractivity contribution in [1.29, 1.82) is 0 Å². The van der Waals surface area contributed by atoms with Crippen LogP contribution in [-0.4, -0.2) is 73.5 Å². The van der Waals surface area contributed by atoms with E-state index in [9.17, 15) is 14.7 Å². The SMILES string of the molecule is CCC(=O)NCNC(=O)CC1OC2C(O)OC3COC(C)OC3C2O1. The van der Waals surface area contributed by atoms with Crippen LogP contribution >= 0.6 is 0 Å². The first-order valence-corrected chi connectivity index (χ1v) is 8.42. The molecule has 3 aliphatic heterocycles. The Balaban J connectivity index is 1.51. The third kappa shape index (κ3) is 4.27. The molecule has 0 aromatic carbocycles. The van der Waals surface area contributed by atoms with E-state index in [0.29, 0.717) is 6.42 Å². The molecule has 3 fully saturated rings. The monoisotopic (exact) mass is 360 g/mol. The number of amides is 2. The van der Waals surface area contributed by atoms with E-state index in [1.54, 1.807) is 13.8 Å². The summed E-state index contributed by atoms with van der Waals surface area (Å²) in [6, 6.07) is 0. The van der Waals surface area contributed by atoms with Crippen LogP contribution in [0.25, 0.3) is 0 Å². The van der Waals surface area contributed by atoms with Crippen molar-refractivity contribution in [2.45, 2.75) is 70.0 Å². The second-order valence-corrected chi connectivity index (χ2v) is 6.13. The molecular formula is C15H24N2O8. The fourth-order valence-electron chi connectivity index (χ4n) is 3.05. The molecule has 0 saturated carbocycles. The van der Waals surface area contributed by atoms with Gasteiger partial charge >= 0.3 is 0 Å². The molecule has 3 rings (SSSR count). The van der Waals surface area contributed by atoms with Gasteiger partial charge in [0.1, 0.15) is 24.4 Å². The molecule has 7 unspecified atom stereocenters. The fourth-order valence-corrected chi connectivity index (χ4v) is 3.05. The van der Waals surface area contributed by atoms with E-state index in [1.807, 2.05) is 0 Å². The quantitative estimate of drug-likeness (QED) is 0.510. The Morgan fingerprint density at radius 1 is 1.04 bits per heavy atom. The van der Waals surface area contributed by atoms with E-state index in [1.165, 1.54) is 0 Å². The Labute approximate surface area is 145 Å². The van der Waals surface area contributed by atoms with Gasteiger partial charge in [-0.05, 0) is 6.92 Å². The first-order chi connectivity index (χ1) is 12.0. The summed E-state index contributed by atoms with van der Waals surface area (Å²) in [5.74, 6) is -0.495. The van der Waals surface area contributed by atoms with Gasteiger partial charge in [-0.1, -0.05) is 6.92 Å². The number of hydrogen-bond acceptors (Lipinski definition) is 8. The minimum Gasteiger partial charge on any atom is -0.366 e. The zero-order valence-electron chi connectivity index (χ0n) is 14.2. The topological polar surface area (TPSA) is 125 Å². The van der Waals surface area contributed by atoms with Gasteiger partial charge in [-0.15, -0.1) is 0 Å². The molecule has 2 amide bonds. The van der Waals surface area contributed by atoms with Crippen molar-refractivity contribution in [2.24, 2.45) is 0 Å². The van der Waals surface area contributed by atoms with Crippen molar-refractivity contribution >= 4 is 11.8 Å². The molecule has 0 radical (unpaired) electrons. The number of fused-ring (bicyclic) bond motifs is 3. The molecule has 10 nitrogen and oxygen atoms in total. The lowest BCUT2D eigenvalue weighted by Crippen LogP contribution is -2.61. The van der Waals surface area contributed by atoms with Crippen LogP contribution in [0.15, 0.2) is 0 Å². The predicted molar refractivity (Wildman–Crippen MR) is 80.8 cm³/mol. The number of ether oxygens (including phenoxy) is 5. The van der Waals surface area contributed by atoms with E-state index in [4.69, 9.17) is 23.7 Å². The van der Waals surface area contributed by atoms with Gasteiger partial charge in [0.2, 0.25) is 11.8 Å². The van der Waals surface area contributed by atoms with Gasteiger partial charge in [-0.3, -0.25) is 9.59 Å². The number of aliphatic hydroxyl groups is 1. The number of carbonyl (C=O) groups excluding carboxylic acids is 2. The third-order valence-electron chi connectivity index (χ3n) is 4.32. The molecule has 0 spiro atoms. The maximum atomic E-state index is 11.9. The Morgan fingerprint density at radius 2 is 1.76 bits per heavy atom. The van der Waals surface area contributed by atoms with Crippen LogP contribution in [0.2, 0.25) is 0 Å². The highest BCUT2D eigenvalue weighted by Crippen LogP contribution is 2.36. The summed E-state index contributed by atoms with van der Waals surface area (Å²) in [4.78, 5) is 23.1. The molecule has 3 aliphatic rings. The number of aliphatic hydroxyl groups excluding tert-OH is 1. The minimum absolute atomic E-state index is 0.0412. The summed E-state index contributed by atoms with van der Waals surface area (Å²) in [5, 5.41) is 15.2. The molecule has 7 atom stereocenters. The van der Waals surface area contributed by atoms with Crippen molar-refractivity contribution in [1.82, 2.24) is 10.6 Å². The largest absolute Gasteiger partial charge is 0.366 e. The zero-order chi connectivity index (χ0) is 18.0.